The van der Waals surface area contributed by atoms with Crippen molar-refractivity contribution in [2.45, 2.75) is 26.3 Å². The molecule has 1 aromatic heterocycles. The van der Waals surface area contributed by atoms with E-state index < -0.39 is 0 Å². The molecule has 2 aromatic rings. The van der Waals surface area contributed by atoms with Crippen molar-refractivity contribution in [2.75, 3.05) is 19.0 Å². The Morgan fingerprint density at radius 3 is 2.75 bits per heavy atom. The van der Waals surface area contributed by atoms with Crippen LogP contribution in [-0.4, -0.2) is 29.8 Å². The molecule has 0 bridgehead atoms. The minimum atomic E-state index is 0.175. The van der Waals surface area contributed by atoms with Crippen molar-refractivity contribution < 1.29 is 9.84 Å². The van der Waals surface area contributed by atoms with Crippen molar-refractivity contribution in [3.8, 4) is 5.75 Å². The van der Waals surface area contributed by atoms with Crippen LogP contribution in [0.1, 0.15) is 20.3 Å². The van der Waals surface area contributed by atoms with Crippen molar-refractivity contribution in [3.05, 3.63) is 30.5 Å². The van der Waals surface area contributed by atoms with Crippen LogP contribution >= 0.6 is 0 Å². The number of fused-ring (bicyclic) bond motifs is 1. The number of ether oxygens (including phenoxy) is 1. The molecule has 20 heavy (non-hydrogen) atoms. The molecular weight excluding hydrogens is 252 g/mol. The molecule has 0 saturated heterocycles. The smallest absolute Gasteiger partial charge is 0.134 e. The van der Waals surface area contributed by atoms with Crippen LogP contribution in [0.15, 0.2) is 30.5 Å². The Morgan fingerprint density at radius 2 is 2.10 bits per heavy atom. The molecule has 0 aliphatic rings. The van der Waals surface area contributed by atoms with E-state index in [1.54, 1.807) is 13.3 Å². The second kappa shape index (κ2) is 6.57. The van der Waals surface area contributed by atoms with Gasteiger partial charge in [-0.15, -0.1) is 0 Å². The van der Waals surface area contributed by atoms with Crippen molar-refractivity contribution in [3.63, 3.8) is 0 Å². The molecule has 0 aliphatic carbocycles. The maximum Gasteiger partial charge on any atom is 0.134 e. The van der Waals surface area contributed by atoms with Gasteiger partial charge in [0.05, 0.1) is 7.11 Å². The zero-order valence-electron chi connectivity index (χ0n) is 12.3. The Kier molecular flexibility index (Phi) is 4.79. The molecule has 0 amide bonds. The van der Waals surface area contributed by atoms with Crippen LogP contribution in [0.25, 0.3) is 10.8 Å². The molecule has 0 spiro atoms. The Morgan fingerprint density at radius 1 is 1.30 bits per heavy atom. The lowest BCUT2D eigenvalue weighted by atomic mass is 10.0. The van der Waals surface area contributed by atoms with Crippen LogP contribution in [0, 0.1) is 5.92 Å². The maximum atomic E-state index is 9.17. The van der Waals surface area contributed by atoms with E-state index in [2.05, 4.69) is 24.1 Å². The molecule has 4 nitrogen and oxygen atoms in total. The highest BCUT2D eigenvalue weighted by Gasteiger charge is 2.14. The van der Waals surface area contributed by atoms with Crippen LogP contribution in [0.5, 0.6) is 5.75 Å². The molecule has 1 aromatic carbocycles. The van der Waals surface area contributed by atoms with Crippen LogP contribution in [-0.2, 0) is 0 Å². The molecule has 108 valence electrons. The third kappa shape index (κ3) is 3.20. The number of pyridine rings is 1. The Hall–Kier alpha value is -1.81. The Balaban J connectivity index is 2.34. The third-order valence-electron chi connectivity index (χ3n) is 3.54. The van der Waals surface area contributed by atoms with E-state index in [9.17, 15) is 0 Å². The molecule has 1 atom stereocenters. The molecular formula is C16H22N2O2. The molecule has 1 unspecified atom stereocenters. The predicted octanol–water partition coefficient (Wildman–Crippen LogP) is 3.06. The maximum absolute atomic E-state index is 9.17. The van der Waals surface area contributed by atoms with E-state index >= 15 is 0 Å². The number of hydrogen-bond donors (Lipinski definition) is 2. The van der Waals surface area contributed by atoms with Crippen molar-refractivity contribution >= 4 is 16.6 Å². The van der Waals surface area contributed by atoms with Crippen molar-refractivity contribution in [2.24, 2.45) is 5.92 Å². The van der Waals surface area contributed by atoms with Gasteiger partial charge in [-0.05, 0) is 42.0 Å². The number of aliphatic hydroxyl groups is 1. The van der Waals surface area contributed by atoms with Gasteiger partial charge in [0.1, 0.15) is 11.6 Å². The number of anilines is 1. The number of rotatable bonds is 6. The molecule has 0 aliphatic heterocycles. The predicted molar refractivity (Wildman–Crippen MR) is 82.2 cm³/mol. The summed E-state index contributed by atoms with van der Waals surface area (Å²) in [7, 11) is 1.66. The lowest BCUT2D eigenvalue weighted by Gasteiger charge is -2.23. The second-order valence-corrected chi connectivity index (χ2v) is 5.25. The van der Waals surface area contributed by atoms with E-state index in [0.717, 1.165) is 22.3 Å². The van der Waals surface area contributed by atoms with Crippen LogP contribution in [0.4, 0.5) is 5.82 Å². The van der Waals surface area contributed by atoms with Crippen LogP contribution < -0.4 is 10.1 Å². The Bertz CT molecular complexity index is 569. The minimum absolute atomic E-state index is 0.175. The minimum Gasteiger partial charge on any atom is -0.497 e. The van der Waals surface area contributed by atoms with Gasteiger partial charge >= 0.3 is 0 Å². The monoisotopic (exact) mass is 274 g/mol. The van der Waals surface area contributed by atoms with Gasteiger partial charge in [0, 0.05) is 24.2 Å². The quantitative estimate of drug-likeness (QED) is 0.850. The van der Waals surface area contributed by atoms with Gasteiger partial charge in [0.25, 0.3) is 0 Å². The second-order valence-electron chi connectivity index (χ2n) is 5.25. The number of methoxy groups -OCH3 is 1. The summed E-state index contributed by atoms with van der Waals surface area (Å²) >= 11 is 0. The summed E-state index contributed by atoms with van der Waals surface area (Å²) in [6.45, 7) is 4.46. The molecule has 0 fully saturated rings. The number of nitrogens with zero attached hydrogens (tertiary/aromatic N) is 1. The van der Waals surface area contributed by atoms with Gasteiger partial charge in [-0.2, -0.15) is 0 Å². The van der Waals surface area contributed by atoms with E-state index in [1.165, 1.54) is 0 Å². The molecule has 0 radical (unpaired) electrons. The number of benzene rings is 1. The van der Waals surface area contributed by atoms with Gasteiger partial charge in [-0.3, -0.25) is 0 Å². The fraction of sp³-hybridized carbons (Fsp3) is 0.438. The van der Waals surface area contributed by atoms with E-state index in [4.69, 9.17) is 9.84 Å². The zero-order chi connectivity index (χ0) is 14.5. The number of hydrogen-bond acceptors (Lipinski definition) is 4. The summed E-state index contributed by atoms with van der Waals surface area (Å²) in [6, 6.07) is 8.13. The molecule has 2 rings (SSSR count). The molecule has 4 heteroatoms. The van der Waals surface area contributed by atoms with Crippen LogP contribution in [0.3, 0.4) is 0 Å². The lowest BCUT2D eigenvalue weighted by molar-refractivity contribution is 0.267. The van der Waals surface area contributed by atoms with Gasteiger partial charge in [0.15, 0.2) is 0 Å². The van der Waals surface area contributed by atoms with Gasteiger partial charge in [-0.1, -0.05) is 13.8 Å². The average Bonchev–Trinajstić information content (AvgIpc) is 2.46. The van der Waals surface area contributed by atoms with Gasteiger partial charge in [-0.25, -0.2) is 4.98 Å². The van der Waals surface area contributed by atoms with E-state index in [-0.39, 0.29) is 12.6 Å². The first-order chi connectivity index (χ1) is 9.65. The number of aliphatic hydroxyl groups excluding tert-OH is 1. The van der Waals surface area contributed by atoms with E-state index in [1.807, 2.05) is 24.3 Å². The fourth-order valence-electron chi connectivity index (χ4n) is 2.28. The first-order valence-electron chi connectivity index (χ1n) is 6.96. The highest BCUT2D eigenvalue weighted by atomic mass is 16.5. The standard InChI is InChI=1S/C16H22N2O2/c1-11(2)15(7-9-19)18-16-14-5-4-13(20-3)10-12(14)6-8-17-16/h4-6,8,10-11,15,19H,7,9H2,1-3H3,(H,17,18). The Labute approximate surface area is 119 Å². The molecule has 2 N–H and O–H groups in total. The first kappa shape index (κ1) is 14.6. The SMILES string of the molecule is COc1ccc2c(NC(CCO)C(C)C)nccc2c1. The number of aromatic nitrogens is 1. The lowest BCUT2D eigenvalue weighted by Crippen LogP contribution is -2.27. The average molecular weight is 274 g/mol. The summed E-state index contributed by atoms with van der Waals surface area (Å²) in [6.07, 6.45) is 2.51. The largest absolute Gasteiger partial charge is 0.497 e. The summed E-state index contributed by atoms with van der Waals surface area (Å²) < 4.78 is 5.25. The highest BCUT2D eigenvalue weighted by Crippen LogP contribution is 2.26. The van der Waals surface area contributed by atoms with E-state index in [0.29, 0.717) is 12.3 Å². The summed E-state index contributed by atoms with van der Waals surface area (Å²) in [5.41, 5.74) is 0. The normalized spacial score (nSPS) is 12.7. The summed E-state index contributed by atoms with van der Waals surface area (Å²) in [5, 5.41) is 14.8. The van der Waals surface area contributed by atoms with Crippen molar-refractivity contribution in [1.29, 1.82) is 0 Å². The van der Waals surface area contributed by atoms with Gasteiger partial charge < -0.3 is 15.2 Å². The summed E-state index contributed by atoms with van der Waals surface area (Å²) in [4.78, 5) is 4.43. The van der Waals surface area contributed by atoms with Crippen molar-refractivity contribution in [1.82, 2.24) is 4.98 Å². The van der Waals surface area contributed by atoms with Gasteiger partial charge in [0.2, 0.25) is 0 Å². The highest BCUT2D eigenvalue weighted by molar-refractivity contribution is 5.92. The molecule has 1 heterocycles. The number of nitrogens with one attached hydrogen (secondary N) is 1. The first-order valence-corrected chi connectivity index (χ1v) is 6.96. The van der Waals surface area contributed by atoms with Crippen LogP contribution in [0.2, 0.25) is 0 Å². The fourth-order valence-corrected chi connectivity index (χ4v) is 2.28. The topological polar surface area (TPSA) is 54.4 Å². The summed E-state index contributed by atoms with van der Waals surface area (Å²) in [5.74, 6) is 2.13. The molecule has 0 saturated carbocycles. The zero-order valence-corrected chi connectivity index (χ0v) is 12.3. The third-order valence-corrected chi connectivity index (χ3v) is 3.54.